The predicted octanol–water partition coefficient (Wildman–Crippen LogP) is 3.65. The molecule has 0 aliphatic carbocycles. The summed E-state index contributed by atoms with van der Waals surface area (Å²) in [5.74, 6) is 1.42. The zero-order valence-corrected chi connectivity index (χ0v) is 6.92. The Balaban J connectivity index is 3.38. The first-order valence-corrected chi connectivity index (χ1v) is 3.59. The minimum absolute atomic E-state index is 0.603. The van der Waals surface area contributed by atoms with Crippen LogP contribution < -0.4 is 0 Å². The van der Waals surface area contributed by atoms with Gasteiger partial charge in [-0.3, -0.25) is 0 Å². The summed E-state index contributed by atoms with van der Waals surface area (Å²) in [6, 6.07) is 0. The first-order chi connectivity index (χ1) is 4.31. The van der Waals surface area contributed by atoms with Gasteiger partial charge in [0.1, 0.15) is 0 Å². The van der Waals surface area contributed by atoms with Gasteiger partial charge >= 0.3 is 0 Å². The second-order valence-corrected chi connectivity index (χ2v) is 2.27. The molecule has 1 radical (unpaired) electrons. The average molecular weight is 184 g/mol. The summed E-state index contributed by atoms with van der Waals surface area (Å²) in [6.07, 6.45) is 4.15. The van der Waals surface area contributed by atoms with Crippen molar-refractivity contribution in [2.24, 2.45) is 0 Å². The fourth-order valence-electron chi connectivity index (χ4n) is 0.277. The molecule has 3 heteroatoms. The van der Waals surface area contributed by atoms with Crippen molar-refractivity contribution >= 4 is 34.8 Å². The molecule has 0 spiro atoms. The summed E-state index contributed by atoms with van der Waals surface area (Å²) in [5, 5.41) is 0.603. The summed E-state index contributed by atoms with van der Waals surface area (Å²) in [4.78, 5) is 0. The molecule has 0 unspecified atom stereocenters. The molecular formula is C6H6Cl3. The molecular weight excluding hydrogens is 178 g/mol. The van der Waals surface area contributed by atoms with E-state index in [-0.39, 0.29) is 0 Å². The van der Waals surface area contributed by atoms with Gasteiger partial charge < -0.3 is 0 Å². The zero-order valence-electron chi connectivity index (χ0n) is 4.65. The van der Waals surface area contributed by atoms with Crippen LogP contribution in [-0.4, -0.2) is 0 Å². The Bertz CT molecular complexity index is 115. The van der Waals surface area contributed by atoms with E-state index in [2.05, 4.69) is 0 Å². The highest BCUT2D eigenvalue weighted by Gasteiger charge is 1.83. The van der Waals surface area contributed by atoms with Crippen LogP contribution in [0.5, 0.6) is 0 Å². The normalized spacial score (nSPS) is 13.0. The monoisotopic (exact) mass is 183 g/mol. The van der Waals surface area contributed by atoms with Gasteiger partial charge in [0, 0.05) is 17.0 Å². The van der Waals surface area contributed by atoms with Gasteiger partial charge in [0.25, 0.3) is 0 Å². The lowest BCUT2D eigenvalue weighted by Gasteiger charge is -1.85. The molecule has 0 aliphatic rings. The third-order valence-corrected chi connectivity index (χ3v) is 1.42. The van der Waals surface area contributed by atoms with Crippen molar-refractivity contribution in [1.29, 1.82) is 0 Å². The van der Waals surface area contributed by atoms with Gasteiger partial charge in [0.05, 0.1) is 5.88 Å². The van der Waals surface area contributed by atoms with Crippen LogP contribution in [0.15, 0.2) is 22.7 Å². The summed E-state index contributed by atoms with van der Waals surface area (Å²) < 4.78 is 0. The first-order valence-electron chi connectivity index (χ1n) is 2.34. The topological polar surface area (TPSA) is 0 Å². The Morgan fingerprint density at radius 2 is 2.00 bits per heavy atom. The maximum absolute atomic E-state index is 5.52. The third kappa shape index (κ3) is 6.23. The van der Waals surface area contributed by atoms with Crippen molar-refractivity contribution in [3.8, 4) is 0 Å². The van der Waals surface area contributed by atoms with Gasteiger partial charge in [-0.2, -0.15) is 0 Å². The van der Waals surface area contributed by atoms with E-state index >= 15 is 0 Å². The van der Waals surface area contributed by atoms with Gasteiger partial charge in [-0.05, 0) is 0 Å². The molecule has 0 aromatic heterocycles. The Kier molecular flexibility index (Phi) is 6.72. The molecule has 0 bridgehead atoms. The van der Waals surface area contributed by atoms with E-state index in [4.69, 9.17) is 34.8 Å². The number of rotatable bonds is 3. The van der Waals surface area contributed by atoms with Gasteiger partial charge in [-0.25, -0.2) is 0 Å². The maximum atomic E-state index is 5.52. The van der Waals surface area contributed by atoms with E-state index in [1.54, 1.807) is 6.08 Å². The van der Waals surface area contributed by atoms with Crippen molar-refractivity contribution < 1.29 is 0 Å². The summed E-state index contributed by atoms with van der Waals surface area (Å²) in [7, 11) is 0. The van der Waals surface area contributed by atoms with Crippen molar-refractivity contribution in [2.45, 2.75) is 6.42 Å². The third-order valence-electron chi connectivity index (χ3n) is 0.640. The maximum Gasteiger partial charge on any atom is 0.0715 e. The predicted molar refractivity (Wildman–Crippen MR) is 43.7 cm³/mol. The number of halogens is 3. The van der Waals surface area contributed by atoms with Crippen LogP contribution in [0.2, 0.25) is 0 Å². The largest absolute Gasteiger partial charge is 0.117 e. The molecule has 0 heterocycles. The molecule has 0 saturated heterocycles. The summed E-state index contributed by atoms with van der Waals surface area (Å²) in [6.45, 7) is 0. The molecule has 9 heavy (non-hydrogen) atoms. The second-order valence-electron chi connectivity index (χ2n) is 1.31. The summed E-state index contributed by atoms with van der Waals surface area (Å²) in [5.41, 5.74) is 1.33. The van der Waals surface area contributed by atoms with Crippen LogP contribution in [0.1, 0.15) is 6.42 Å². The van der Waals surface area contributed by atoms with Gasteiger partial charge in [-0.15, -0.1) is 11.6 Å². The molecule has 0 amide bonds. The number of hydrogen-bond donors (Lipinski definition) is 0. The van der Waals surface area contributed by atoms with Crippen LogP contribution in [0, 0.1) is 5.88 Å². The van der Waals surface area contributed by atoms with Gasteiger partial charge in [-0.1, -0.05) is 35.4 Å². The smallest absolute Gasteiger partial charge is 0.0715 e. The SMILES string of the molecule is Cl[CH]C=CCC(Cl)=CCl. The fraction of sp³-hybridized carbons (Fsp3) is 0.167. The minimum Gasteiger partial charge on any atom is -0.117 e. The van der Waals surface area contributed by atoms with E-state index in [9.17, 15) is 0 Å². The van der Waals surface area contributed by atoms with E-state index in [0.29, 0.717) is 11.5 Å². The molecule has 0 saturated carbocycles. The van der Waals surface area contributed by atoms with E-state index < -0.39 is 0 Å². The average Bonchev–Trinajstić information content (AvgIpc) is 1.89. The van der Waals surface area contributed by atoms with E-state index in [1.807, 2.05) is 6.08 Å². The molecule has 0 N–H and O–H groups in total. The van der Waals surface area contributed by atoms with Crippen molar-refractivity contribution in [3.63, 3.8) is 0 Å². The van der Waals surface area contributed by atoms with Crippen molar-refractivity contribution in [1.82, 2.24) is 0 Å². The van der Waals surface area contributed by atoms with Gasteiger partial charge in [0.15, 0.2) is 0 Å². The van der Waals surface area contributed by atoms with Crippen LogP contribution in [0.3, 0.4) is 0 Å². The van der Waals surface area contributed by atoms with E-state index in [0.717, 1.165) is 0 Å². The minimum atomic E-state index is 0.603. The molecule has 0 atom stereocenters. The molecule has 0 rings (SSSR count). The van der Waals surface area contributed by atoms with Gasteiger partial charge in [0.2, 0.25) is 0 Å². The molecule has 0 aliphatic heterocycles. The van der Waals surface area contributed by atoms with Crippen LogP contribution in [-0.2, 0) is 0 Å². The highest BCUT2D eigenvalue weighted by atomic mass is 35.5. The molecule has 0 nitrogen and oxygen atoms in total. The highest BCUT2D eigenvalue weighted by Crippen LogP contribution is 2.08. The van der Waals surface area contributed by atoms with Crippen LogP contribution in [0.25, 0.3) is 0 Å². The Labute approximate surface area is 70.1 Å². The molecule has 51 valence electrons. The lowest BCUT2D eigenvalue weighted by molar-refractivity contribution is 1.36. The second kappa shape index (κ2) is 6.47. The quantitative estimate of drug-likeness (QED) is 0.628. The van der Waals surface area contributed by atoms with Crippen LogP contribution >= 0.6 is 34.8 Å². The Hall–Kier alpha value is 0.350. The lowest BCUT2D eigenvalue weighted by atomic mass is 10.4. The van der Waals surface area contributed by atoms with E-state index in [1.165, 1.54) is 11.4 Å². The fourth-order valence-corrected chi connectivity index (χ4v) is 0.558. The lowest BCUT2D eigenvalue weighted by Crippen LogP contribution is -1.63. The molecule has 0 aromatic rings. The van der Waals surface area contributed by atoms with Crippen LogP contribution in [0.4, 0.5) is 0 Å². The Morgan fingerprint density at radius 3 is 2.44 bits per heavy atom. The first kappa shape index (κ1) is 9.35. The number of allylic oxidation sites excluding steroid dienone is 3. The number of hydrogen-bond acceptors (Lipinski definition) is 0. The summed E-state index contributed by atoms with van der Waals surface area (Å²) >= 11 is 16.0. The van der Waals surface area contributed by atoms with Crippen molar-refractivity contribution in [3.05, 3.63) is 28.6 Å². The zero-order chi connectivity index (χ0) is 7.11. The highest BCUT2D eigenvalue weighted by molar-refractivity contribution is 6.36. The molecule has 0 aromatic carbocycles. The standard InChI is InChI=1S/C6H6Cl3/c7-4-2-1-3-6(9)5-8/h1-2,4-5H,3H2. The Morgan fingerprint density at radius 1 is 1.33 bits per heavy atom. The molecule has 0 fully saturated rings. The van der Waals surface area contributed by atoms with Crippen molar-refractivity contribution in [2.75, 3.05) is 0 Å².